The third-order valence-corrected chi connectivity index (χ3v) is 5.46. The SMILES string of the molecule is C[C@@H](Oc1cc(Br)cnc1N=O)c1cc(F)ccc1C(N=CN)=NCC(C=NCC1CC1)=CN. The van der Waals surface area contributed by atoms with Crippen molar-refractivity contribution in [3.05, 3.63) is 68.6 Å². The van der Waals surface area contributed by atoms with Crippen molar-refractivity contribution in [3.8, 4) is 5.75 Å². The fourth-order valence-electron chi connectivity index (χ4n) is 3.08. The van der Waals surface area contributed by atoms with Gasteiger partial charge in [0.1, 0.15) is 11.9 Å². The van der Waals surface area contributed by atoms with Crippen LogP contribution in [-0.4, -0.2) is 36.5 Å². The van der Waals surface area contributed by atoms with Crippen molar-refractivity contribution in [1.82, 2.24) is 4.98 Å². The van der Waals surface area contributed by atoms with Gasteiger partial charge in [0.25, 0.3) is 0 Å². The lowest BCUT2D eigenvalue weighted by Gasteiger charge is -2.19. The lowest BCUT2D eigenvalue weighted by Crippen LogP contribution is -2.13. The number of nitrogens with zero attached hydrogens (tertiary/aromatic N) is 5. The third-order valence-electron chi connectivity index (χ3n) is 5.02. The predicted octanol–water partition coefficient (Wildman–Crippen LogP) is 4.58. The number of aromatic nitrogens is 1. The van der Waals surface area contributed by atoms with Gasteiger partial charge in [-0.25, -0.2) is 14.4 Å². The highest BCUT2D eigenvalue weighted by atomic mass is 79.9. The molecule has 0 radical (unpaired) electrons. The van der Waals surface area contributed by atoms with Crippen molar-refractivity contribution < 1.29 is 9.13 Å². The van der Waals surface area contributed by atoms with Crippen LogP contribution < -0.4 is 16.2 Å². The summed E-state index contributed by atoms with van der Waals surface area (Å²) in [5.41, 5.74) is 12.9. The lowest BCUT2D eigenvalue weighted by molar-refractivity contribution is 0.226. The minimum Gasteiger partial charge on any atom is -0.482 e. The molecular formula is C23H25BrFN7O2. The number of pyridine rings is 1. The first-order valence-corrected chi connectivity index (χ1v) is 11.4. The molecule has 1 aromatic carbocycles. The summed E-state index contributed by atoms with van der Waals surface area (Å²) in [6, 6.07) is 5.72. The zero-order chi connectivity index (χ0) is 24.5. The number of hydrogen-bond acceptors (Lipinski definition) is 7. The van der Waals surface area contributed by atoms with E-state index in [0.29, 0.717) is 27.1 Å². The van der Waals surface area contributed by atoms with Gasteiger partial charge in [0.2, 0.25) is 5.82 Å². The molecule has 0 spiro atoms. The van der Waals surface area contributed by atoms with Crippen LogP contribution in [0.2, 0.25) is 0 Å². The Morgan fingerprint density at radius 3 is 2.82 bits per heavy atom. The standard InChI is InChI=1S/C23H25BrFN7O2/c1-14(34-21-6-17(24)12-30-23(21)32-33)20-7-18(25)4-5-19(20)22(31-13-27)29-11-16(8-26)10-28-9-15-2-3-15/h4-8,10,12-15H,2-3,9,11,26H2,1H3,(H2,27,29,31)/t14-/m1/s1. The summed E-state index contributed by atoms with van der Waals surface area (Å²) >= 11 is 3.29. The Bertz CT molecular complexity index is 1150. The maximum absolute atomic E-state index is 14.2. The fourth-order valence-corrected chi connectivity index (χ4v) is 3.39. The predicted molar refractivity (Wildman–Crippen MR) is 135 cm³/mol. The van der Waals surface area contributed by atoms with Crippen molar-refractivity contribution in [2.24, 2.45) is 37.5 Å². The zero-order valence-corrected chi connectivity index (χ0v) is 20.2. The molecule has 34 heavy (non-hydrogen) atoms. The number of rotatable bonds is 10. The van der Waals surface area contributed by atoms with Crippen molar-refractivity contribution in [3.63, 3.8) is 0 Å². The van der Waals surface area contributed by atoms with Gasteiger partial charge in [0.15, 0.2) is 11.6 Å². The summed E-state index contributed by atoms with van der Waals surface area (Å²) in [7, 11) is 0. The van der Waals surface area contributed by atoms with E-state index < -0.39 is 11.9 Å². The van der Waals surface area contributed by atoms with Crippen molar-refractivity contribution in [2.75, 3.05) is 13.1 Å². The number of hydrogen-bond donors (Lipinski definition) is 2. The highest BCUT2D eigenvalue weighted by molar-refractivity contribution is 9.10. The number of aliphatic imine (C=N–C) groups is 3. The van der Waals surface area contributed by atoms with Gasteiger partial charge in [0.05, 0.1) is 12.9 Å². The molecular weight excluding hydrogens is 505 g/mol. The van der Waals surface area contributed by atoms with Crippen LogP contribution in [0.15, 0.2) is 66.9 Å². The Hall–Kier alpha value is -3.47. The van der Waals surface area contributed by atoms with Gasteiger partial charge in [-0.15, -0.1) is 4.91 Å². The molecule has 3 rings (SSSR count). The Labute approximate surface area is 205 Å². The van der Waals surface area contributed by atoms with E-state index in [4.69, 9.17) is 16.2 Å². The molecule has 1 aliphatic carbocycles. The summed E-state index contributed by atoms with van der Waals surface area (Å²) in [5.74, 6) is 0.484. The largest absolute Gasteiger partial charge is 0.482 e. The Balaban J connectivity index is 1.89. The molecule has 9 nitrogen and oxygen atoms in total. The number of nitroso groups, excluding NO2 is 1. The monoisotopic (exact) mass is 529 g/mol. The first-order chi connectivity index (χ1) is 16.4. The highest BCUT2D eigenvalue weighted by Gasteiger charge is 2.20. The Kier molecular flexibility index (Phi) is 8.97. The Morgan fingerprint density at radius 2 is 2.15 bits per heavy atom. The number of ether oxygens (including phenoxy) is 1. The minimum atomic E-state index is -0.704. The topological polar surface area (TPSA) is 141 Å². The first kappa shape index (κ1) is 25.2. The molecule has 1 atom stereocenters. The van der Waals surface area contributed by atoms with Crippen LogP contribution in [-0.2, 0) is 0 Å². The molecule has 4 N–H and O–H groups in total. The molecule has 1 heterocycles. The molecule has 0 amide bonds. The van der Waals surface area contributed by atoms with E-state index in [9.17, 15) is 9.30 Å². The van der Waals surface area contributed by atoms with Gasteiger partial charge in [-0.1, -0.05) is 0 Å². The molecule has 1 aromatic heterocycles. The van der Waals surface area contributed by atoms with Crippen molar-refractivity contribution >= 4 is 40.1 Å². The number of benzene rings is 1. The molecule has 0 aliphatic heterocycles. The average molecular weight is 530 g/mol. The van der Waals surface area contributed by atoms with Gasteiger partial charge in [0, 0.05) is 46.3 Å². The van der Waals surface area contributed by atoms with Crippen molar-refractivity contribution in [1.29, 1.82) is 0 Å². The second kappa shape index (κ2) is 12.1. The van der Waals surface area contributed by atoms with Crippen LogP contribution in [0.5, 0.6) is 5.75 Å². The minimum absolute atomic E-state index is 0.120. The van der Waals surface area contributed by atoms with Crippen molar-refractivity contribution in [2.45, 2.75) is 25.9 Å². The first-order valence-electron chi connectivity index (χ1n) is 10.6. The molecule has 1 saturated carbocycles. The molecule has 0 unspecified atom stereocenters. The van der Waals surface area contributed by atoms with E-state index in [-0.39, 0.29) is 23.9 Å². The van der Waals surface area contributed by atoms with Crippen LogP contribution in [0.1, 0.15) is 37.0 Å². The average Bonchev–Trinajstić information content (AvgIpc) is 3.65. The summed E-state index contributed by atoms with van der Waals surface area (Å²) in [6.07, 6.45) is 7.40. The van der Waals surface area contributed by atoms with Crippen LogP contribution in [0, 0.1) is 16.6 Å². The highest BCUT2D eigenvalue weighted by Crippen LogP contribution is 2.33. The molecule has 1 aliphatic rings. The van der Waals surface area contributed by atoms with Gasteiger partial charge < -0.3 is 16.2 Å². The fraction of sp³-hybridized carbons (Fsp3) is 0.304. The summed E-state index contributed by atoms with van der Waals surface area (Å²) in [6.45, 7) is 2.68. The molecule has 178 valence electrons. The number of halogens is 2. The van der Waals surface area contributed by atoms with Gasteiger partial charge in [-0.2, -0.15) is 0 Å². The summed E-state index contributed by atoms with van der Waals surface area (Å²) in [5, 5.41) is 2.89. The van der Waals surface area contributed by atoms with Crippen LogP contribution in [0.4, 0.5) is 10.2 Å². The van der Waals surface area contributed by atoms with Crippen LogP contribution in [0.25, 0.3) is 0 Å². The van der Waals surface area contributed by atoms with E-state index in [1.165, 1.54) is 37.4 Å². The third kappa shape index (κ3) is 7.01. The van der Waals surface area contributed by atoms with Gasteiger partial charge >= 0.3 is 0 Å². The lowest BCUT2D eigenvalue weighted by atomic mass is 10.0. The molecule has 2 aromatic rings. The maximum atomic E-state index is 14.2. The van der Waals surface area contributed by atoms with Crippen LogP contribution in [0.3, 0.4) is 0 Å². The normalized spacial score (nSPS) is 15.7. The zero-order valence-electron chi connectivity index (χ0n) is 18.6. The molecule has 0 bridgehead atoms. The summed E-state index contributed by atoms with van der Waals surface area (Å²) in [4.78, 5) is 28.2. The van der Waals surface area contributed by atoms with Gasteiger partial charge in [-0.05, 0) is 71.1 Å². The summed E-state index contributed by atoms with van der Waals surface area (Å²) < 4.78 is 20.7. The number of amidine groups is 1. The Morgan fingerprint density at radius 1 is 1.35 bits per heavy atom. The van der Waals surface area contributed by atoms with E-state index in [1.54, 1.807) is 25.3 Å². The van der Waals surface area contributed by atoms with Gasteiger partial charge in [-0.3, -0.25) is 9.98 Å². The second-order valence-corrected chi connectivity index (χ2v) is 8.57. The van der Waals surface area contributed by atoms with E-state index >= 15 is 0 Å². The van der Waals surface area contributed by atoms with Crippen LogP contribution >= 0.6 is 15.9 Å². The molecule has 1 fully saturated rings. The maximum Gasteiger partial charge on any atom is 0.239 e. The second-order valence-electron chi connectivity index (χ2n) is 7.66. The van der Waals surface area contributed by atoms with E-state index in [2.05, 4.69) is 41.1 Å². The number of nitrogens with two attached hydrogens (primary N) is 2. The van der Waals surface area contributed by atoms with E-state index in [1.807, 2.05) is 0 Å². The molecule has 11 heteroatoms. The quantitative estimate of drug-likeness (QED) is 0.263. The smallest absolute Gasteiger partial charge is 0.239 e. The van der Waals surface area contributed by atoms with E-state index in [0.717, 1.165) is 12.9 Å². The molecule has 0 saturated heterocycles.